The van der Waals surface area contributed by atoms with E-state index in [1.807, 2.05) is 30.3 Å². The zero-order valence-corrected chi connectivity index (χ0v) is 17.8. The third-order valence-electron chi connectivity index (χ3n) is 4.04. The van der Waals surface area contributed by atoms with Gasteiger partial charge in [0.25, 0.3) is 5.69 Å². The lowest BCUT2D eigenvalue weighted by atomic mass is 10.2. The van der Waals surface area contributed by atoms with Gasteiger partial charge in [0.2, 0.25) is 15.9 Å². The van der Waals surface area contributed by atoms with Gasteiger partial charge in [0.15, 0.2) is 0 Å². The summed E-state index contributed by atoms with van der Waals surface area (Å²) in [5.41, 5.74) is -0.159. The maximum atomic E-state index is 12.7. The molecule has 0 saturated heterocycles. The summed E-state index contributed by atoms with van der Waals surface area (Å²) < 4.78 is 25.8. The molecule has 2 rings (SSSR count). The molecule has 0 bridgehead atoms. The molecule has 10 heteroatoms. The second-order valence-corrected chi connectivity index (χ2v) is 9.24. The quantitative estimate of drug-likeness (QED) is 0.265. The first-order valence-corrected chi connectivity index (χ1v) is 11.8. The van der Waals surface area contributed by atoms with Crippen LogP contribution in [0.15, 0.2) is 59.5 Å². The van der Waals surface area contributed by atoms with E-state index in [1.54, 1.807) is 18.7 Å². The van der Waals surface area contributed by atoms with Crippen molar-refractivity contribution in [1.82, 2.24) is 5.32 Å². The summed E-state index contributed by atoms with van der Waals surface area (Å²) in [5, 5.41) is 13.8. The number of amides is 1. The molecule has 0 unspecified atom stereocenters. The van der Waals surface area contributed by atoms with Crippen LogP contribution in [0.5, 0.6) is 0 Å². The zero-order valence-electron chi connectivity index (χ0n) is 16.1. The number of hydrogen-bond donors (Lipinski definition) is 1. The number of nitro groups is 1. The summed E-state index contributed by atoms with van der Waals surface area (Å²) in [6, 6.07) is 14.0. The van der Waals surface area contributed by atoms with Gasteiger partial charge >= 0.3 is 0 Å². The normalized spacial score (nSPS) is 12.2. The molecule has 1 atom stereocenters. The molecule has 0 radical (unpaired) electrons. The second-order valence-electron chi connectivity index (χ2n) is 6.21. The summed E-state index contributed by atoms with van der Waals surface area (Å²) in [6.07, 6.45) is 1.19. The number of nitrogens with one attached hydrogen (secondary N) is 1. The van der Waals surface area contributed by atoms with E-state index in [0.29, 0.717) is 12.3 Å². The van der Waals surface area contributed by atoms with Crippen molar-refractivity contribution >= 4 is 39.1 Å². The van der Waals surface area contributed by atoms with Gasteiger partial charge in [-0.25, -0.2) is 8.42 Å². The summed E-state index contributed by atoms with van der Waals surface area (Å²) in [4.78, 5) is 24.2. The fourth-order valence-corrected chi connectivity index (χ4v) is 4.77. The number of nitrogens with zero attached hydrogens (tertiary/aromatic N) is 2. The largest absolute Gasteiger partial charge is 0.353 e. The van der Waals surface area contributed by atoms with E-state index in [2.05, 4.69) is 5.32 Å². The van der Waals surface area contributed by atoms with Gasteiger partial charge in [-0.1, -0.05) is 31.2 Å². The lowest BCUT2D eigenvalue weighted by molar-refractivity contribution is -0.384. The Morgan fingerprint density at radius 1 is 1.21 bits per heavy atom. The van der Waals surface area contributed by atoms with Crippen LogP contribution in [0.2, 0.25) is 0 Å². The van der Waals surface area contributed by atoms with Crippen LogP contribution < -0.4 is 9.62 Å². The van der Waals surface area contributed by atoms with Gasteiger partial charge in [-0.05, 0) is 24.6 Å². The first kappa shape index (κ1) is 22.7. The SMILES string of the molecule is CC[C@H](C(=O)NCCSc1ccccc1)N(c1cccc([N+](=O)[O-])c1)S(C)(=O)=O. The highest BCUT2D eigenvalue weighted by Gasteiger charge is 2.32. The predicted octanol–water partition coefficient (Wildman–Crippen LogP) is 3.05. The second kappa shape index (κ2) is 10.3. The number of rotatable bonds is 10. The van der Waals surface area contributed by atoms with Gasteiger partial charge in [0, 0.05) is 29.3 Å². The lowest BCUT2D eigenvalue weighted by Crippen LogP contribution is -2.49. The van der Waals surface area contributed by atoms with Gasteiger partial charge in [-0.2, -0.15) is 0 Å². The number of sulfonamides is 1. The van der Waals surface area contributed by atoms with Gasteiger partial charge in [-0.15, -0.1) is 11.8 Å². The first-order chi connectivity index (χ1) is 13.7. The van der Waals surface area contributed by atoms with Crippen LogP contribution in [-0.2, 0) is 14.8 Å². The molecule has 0 aliphatic carbocycles. The Hall–Kier alpha value is -2.59. The molecule has 156 valence electrons. The molecule has 1 amide bonds. The Labute approximate surface area is 174 Å². The predicted molar refractivity (Wildman–Crippen MR) is 115 cm³/mol. The fourth-order valence-electron chi connectivity index (χ4n) is 2.78. The highest BCUT2D eigenvalue weighted by atomic mass is 32.2. The standard InChI is InChI=1S/C19H23N3O5S2/c1-3-18(19(23)20-12-13-28-17-10-5-4-6-11-17)21(29(2,26)27)15-8-7-9-16(14-15)22(24)25/h4-11,14,18H,3,12-13H2,1-2H3,(H,20,23)/t18-/m1/s1. The fraction of sp³-hybridized carbons (Fsp3) is 0.316. The number of carbonyl (C=O) groups is 1. The molecule has 29 heavy (non-hydrogen) atoms. The monoisotopic (exact) mass is 437 g/mol. The van der Waals surface area contributed by atoms with Crippen LogP contribution in [-0.4, -0.2) is 43.8 Å². The van der Waals surface area contributed by atoms with E-state index in [9.17, 15) is 23.3 Å². The van der Waals surface area contributed by atoms with E-state index in [-0.39, 0.29) is 17.8 Å². The van der Waals surface area contributed by atoms with Gasteiger partial charge in [0.05, 0.1) is 16.9 Å². The van der Waals surface area contributed by atoms with Crippen LogP contribution >= 0.6 is 11.8 Å². The van der Waals surface area contributed by atoms with E-state index in [4.69, 9.17) is 0 Å². The van der Waals surface area contributed by atoms with Crippen molar-refractivity contribution < 1.29 is 18.1 Å². The molecule has 0 aliphatic rings. The zero-order chi connectivity index (χ0) is 21.4. The molecule has 0 aromatic heterocycles. The van der Waals surface area contributed by atoms with Crippen molar-refractivity contribution in [3.8, 4) is 0 Å². The summed E-state index contributed by atoms with van der Waals surface area (Å²) in [5.74, 6) is 0.181. The van der Waals surface area contributed by atoms with Gasteiger partial charge < -0.3 is 5.32 Å². The average molecular weight is 438 g/mol. The highest BCUT2D eigenvalue weighted by Crippen LogP contribution is 2.26. The van der Waals surface area contributed by atoms with Crippen molar-refractivity contribution in [2.24, 2.45) is 0 Å². The molecule has 0 aliphatic heterocycles. The average Bonchev–Trinajstić information content (AvgIpc) is 2.69. The summed E-state index contributed by atoms with van der Waals surface area (Å²) >= 11 is 1.58. The number of nitro benzene ring substituents is 1. The van der Waals surface area contributed by atoms with E-state index in [1.165, 1.54) is 18.2 Å². The Morgan fingerprint density at radius 2 is 1.90 bits per heavy atom. The summed E-state index contributed by atoms with van der Waals surface area (Å²) in [6.45, 7) is 2.06. The molecule has 1 N–H and O–H groups in total. The molecular formula is C19H23N3O5S2. The smallest absolute Gasteiger partial charge is 0.271 e. The summed E-state index contributed by atoms with van der Waals surface area (Å²) in [7, 11) is -3.85. The van der Waals surface area contributed by atoms with Crippen molar-refractivity contribution in [2.45, 2.75) is 24.3 Å². The van der Waals surface area contributed by atoms with Crippen LogP contribution in [0.1, 0.15) is 13.3 Å². The molecule has 0 spiro atoms. The van der Waals surface area contributed by atoms with Crippen molar-refractivity contribution in [1.29, 1.82) is 0 Å². The topological polar surface area (TPSA) is 110 Å². The maximum Gasteiger partial charge on any atom is 0.271 e. The maximum absolute atomic E-state index is 12.7. The number of anilines is 1. The van der Waals surface area contributed by atoms with Crippen LogP contribution in [0, 0.1) is 10.1 Å². The number of hydrogen-bond acceptors (Lipinski definition) is 6. The van der Waals surface area contributed by atoms with Gasteiger partial charge in [0.1, 0.15) is 6.04 Å². The van der Waals surface area contributed by atoms with Gasteiger partial charge in [-0.3, -0.25) is 19.2 Å². The molecule has 2 aromatic rings. The van der Waals surface area contributed by atoms with E-state index >= 15 is 0 Å². The molecule has 0 fully saturated rings. The van der Waals surface area contributed by atoms with Crippen LogP contribution in [0.25, 0.3) is 0 Å². The van der Waals surface area contributed by atoms with Crippen LogP contribution in [0.4, 0.5) is 11.4 Å². The molecule has 2 aromatic carbocycles. The Balaban J connectivity index is 2.13. The van der Waals surface area contributed by atoms with Crippen molar-refractivity contribution in [3.63, 3.8) is 0 Å². The Morgan fingerprint density at radius 3 is 2.48 bits per heavy atom. The molecule has 8 nitrogen and oxygen atoms in total. The minimum Gasteiger partial charge on any atom is -0.353 e. The Bertz CT molecular complexity index is 951. The highest BCUT2D eigenvalue weighted by molar-refractivity contribution is 7.99. The van der Waals surface area contributed by atoms with E-state index < -0.39 is 26.9 Å². The minimum absolute atomic E-state index is 0.0855. The number of thioether (sulfide) groups is 1. The lowest BCUT2D eigenvalue weighted by Gasteiger charge is -2.30. The van der Waals surface area contributed by atoms with E-state index in [0.717, 1.165) is 21.5 Å². The van der Waals surface area contributed by atoms with Crippen LogP contribution in [0.3, 0.4) is 0 Å². The third-order valence-corrected chi connectivity index (χ3v) is 6.23. The Kier molecular flexibility index (Phi) is 8.03. The molecular weight excluding hydrogens is 414 g/mol. The molecule has 0 saturated carbocycles. The third kappa shape index (κ3) is 6.47. The van der Waals surface area contributed by atoms with Crippen molar-refractivity contribution in [2.75, 3.05) is 22.9 Å². The van der Waals surface area contributed by atoms with Crippen molar-refractivity contribution in [3.05, 3.63) is 64.7 Å². The number of benzene rings is 2. The number of carbonyl (C=O) groups excluding carboxylic acids is 1. The molecule has 0 heterocycles. The minimum atomic E-state index is -3.85. The number of non-ortho nitro benzene ring substituents is 1. The first-order valence-electron chi connectivity index (χ1n) is 8.93.